The molecule has 4 aromatic rings. The minimum atomic E-state index is -4.37. The van der Waals surface area contributed by atoms with Gasteiger partial charge in [0.15, 0.2) is 0 Å². The highest BCUT2D eigenvalue weighted by Crippen LogP contribution is 2.21. The smallest absolute Gasteiger partial charge is 0.425 e. The largest absolute Gasteiger partial charge is 0.478 e. The summed E-state index contributed by atoms with van der Waals surface area (Å²) in [5.74, 6) is -2.51. The Balaban J connectivity index is 0.000000386. The van der Waals surface area contributed by atoms with Gasteiger partial charge in [0.2, 0.25) is 55.7 Å². The van der Waals surface area contributed by atoms with E-state index in [0.717, 1.165) is 18.6 Å². The van der Waals surface area contributed by atoms with Crippen LogP contribution < -0.4 is 41.8 Å². The van der Waals surface area contributed by atoms with Crippen molar-refractivity contribution in [2.45, 2.75) is 4.90 Å². The van der Waals surface area contributed by atoms with Crippen LogP contribution in [0.5, 0.6) is 0 Å². The van der Waals surface area contributed by atoms with Gasteiger partial charge in [0.1, 0.15) is 0 Å². The summed E-state index contributed by atoms with van der Waals surface area (Å²) >= 11 is 0. The summed E-state index contributed by atoms with van der Waals surface area (Å²) in [6.07, 6.45) is 2.06. The highest BCUT2D eigenvalue weighted by molar-refractivity contribution is 7.89. The van der Waals surface area contributed by atoms with E-state index >= 15 is 0 Å². The zero-order valence-corrected chi connectivity index (χ0v) is 34.7. The minimum Gasteiger partial charge on any atom is -0.478 e. The van der Waals surface area contributed by atoms with Gasteiger partial charge < -0.3 is 47.6 Å². The lowest BCUT2D eigenvalue weighted by atomic mass is 10.1. The zero-order chi connectivity index (χ0) is 46.0. The highest BCUT2D eigenvalue weighted by Gasteiger charge is 2.14. The first kappa shape index (κ1) is 50.7. The molecule has 61 heavy (non-hydrogen) atoms. The predicted octanol–water partition coefficient (Wildman–Crippen LogP) is -2.22. The first-order chi connectivity index (χ1) is 28.3. The summed E-state index contributed by atoms with van der Waals surface area (Å²) < 4.78 is 106. The number of carbonyl (C=O) groups is 2. The lowest BCUT2D eigenvalue weighted by Crippen LogP contribution is -2.28. The fourth-order valence-electron chi connectivity index (χ4n) is 4.05. The van der Waals surface area contributed by atoms with Crippen LogP contribution in [0.15, 0.2) is 47.4 Å². The van der Waals surface area contributed by atoms with Crippen LogP contribution in [0, 0.1) is 0 Å². The number of aliphatic hydroxyl groups excluding tert-OH is 1. The van der Waals surface area contributed by atoms with E-state index < -0.39 is 52.7 Å². The van der Waals surface area contributed by atoms with Crippen molar-refractivity contribution in [3.8, 4) is 0 Å². The highest BCUT2D eigenvalue weighted by atomic mass is 32.2. The molecule has 0 spiro atoms. The Hall–Kier alpha value is -6.49. The van der Waals surface area contributed by atoms with Crippen molar-refractivity contribution in [1.82, 2.24) is 39.3 Å². The number of aliphatic hydroxyl groups is 1. The second-order valence-electron chi connectivity index (χ2n) is 11.4. The molecular weight excluding hydrogens is 901 g/mol. The van der Waals surface area contributed by atoms with Crippen molar-refractivity contribution < 1.29 is 67.3 Å². The monoisotopic (exact) mass is 938 g/mol. The van der Waals surface area contributed by atoms with Crippen LogP contribution in [0.25, 0.3) is 0 Å². The standard InChI is InChI=1S/C14H21N7O6S2.C14H17N7O6S.O3S/c1-28(23,24)17-6-5-15-12-19-13(16-7-8-22)21-14(20-12)18-10-3-2-4-11(9-10)29(25,26)27;1-28(26,27)17-3-2-16-13-19-12(15)20-14(21-13)18-9-5-7(10(22)23)4-8(6-9)11(24)25;1-4(2)3/h2-4,9,17,22H,5-8H2,1H3,(H,25,26,27)(H3,15,16,18,19,20,21);4-6,17H,2-3H2,1H3,(H,22,23)(H,24,25)(H4,15,16,18,19,20,21);. The lowest BCUT2D eigenvalue weighted by Gasteiger charge is -2.11. The quantitative estimate of drug-likeness (QED) is 0.0330. The third-order valence-corrected chi connectivity index (χ3v) is 8.61. The molecule has 0 aliphatic carbocycles. The van der Waals surface area contributed by atoms with Crippen molar-refractivity contribution in [2.75, 3.05) is 84.2 Å². The maximum absolute atomic E-state index is 11.3. The molecule has 4 rings (SSSR count). The first-order valence-corrected chi connectivity index (χ1v) is 22.5. The molecule has 2 aromatic heterocycles. The molecule has 0 radical (unpaired) electrons. The summed E-state index contributed by atoms with van der Waals surface area (Å²) in [5, 5.41) is 41.0. The molecule has 0 aliphatic rings. The Morgan fingerprint density at radius 2 is 1.03 bits per heavy atom. The van der Waals surface area contributed by atoms with Crippen LogP contribution in [-0.4, -0.2) is 151 Å². The number of nitrogen functional groups attached to an aromatic ring is 1. The summed E-state index contributed by atoms with van der Waals surface area (Å²) in [7, 11) is -14.1. The van der Waals surface area contributed by atoms with E-state index in [1.165, 1.54) is 30.3 Å². The summed E-state index contributed by atoms with van der Waals surface area (Å²) in [6, 6.07) is 8.82. The molecule has 0 bridgehead atoms. The number of nitrogens with two attached hydrogens (primary N) is 1. The summed E-state index contributed by atoms with van der Waals surface area (Å²) in [5.41, 5.74) is 5.53. The van der Waals surface area contributed by atoms with Crippen molar-refractivity contribution >= 4 is 99.8 Å². The van der Waals surface area contributed by atoms with E-state index in [-0.39, 0.29) is 96.7 Å². The van der Waals surface area contributed by atoms with Crippen LogP contribution >= 0.6 is 0 Å². The molecule has 2 heterocycles. The number of carboxylic acid groups (broad SMARTS) is 2. The van der Waals surface area contributed by atoms with Crippen LogP contribution in [-0.2, 0) is 40.8 Å². The number of benzene rings is 2. The van der Waals surface area contributed by atoms with Gasteiger partial charge in [-0.2, -0.15) is 38.3 Å². The molecule has 0 atom stereocenters. The lowest BCUT2D eigenvalue weighted by molar-refractivity contribution is 0.0696. The molecule has 0 amide bonds. The van der Waals surface area contributed by atoms with Crippen LogP contribution in [0.2, 0.25) is 0 Å². The van der Waals surface area contributed by atoms with Gasteiger partial charge in [-0.3, -0.25) is 4.55 Å². The Bertz CT molecular complexity index is 2590. The van der Waals surface area contributed by atoms with Crippen molar-refractivity contribution in [3.63, 3.8) is 0 Å². The van der Waals surface area contributed by atoms with Gasteiger partial charge in [-0.1, -0.05) is 6.07 Å². The number of aromatic carboxylic acids is 2. The van der Waals surface area contributed by atoms with Gasteiger partial charge in [-0.05, 0) is 36.4 Å². The van der Waals surface area contributed by atoms with Gasteiger partial charge in [0, 0.05) is 44.1 Å². The first-order valence-electron chi connectivity index (χ1n) is 16.3. The van der Waals surface area contributed by atoms with E-state index in [0.29, 0.717) is 5.69 Å². The molecule has 0 fully saturated rings. The van der Waals surface area contributed by atoms with E-state index in [2.05, 4.69) is 65.9 Å². The average molecular weight is 939 g/mol. The number of carboxylic acids is 2. The SMILES string of the molecule is CS(=O)(=O)NCCNc1nc(N)nc(Nc2cc(C(=O)O)cc(C(=O)O)c2)n1.CS(=O)(=O)NCCNc1nc(NCCO)nc(Nc2cccc(S(=O)(=O)O)c2)n1.O=S(=O)=O. The molecule has 0 saturated carbocycles. The van der Waals surface area contributed by atoms with Crippen molar-refractivity contribution in [3.05, 3.63) is 53.6 Å². The van der Waals surface area contributed by atoms with Crippen molar-refractivity contribution in [1.29, 1.82) is 0 Å². The average Bonchev–Trinajstić information content (AvgIpc) is 3.13. The van der Waals surface area contributed by atoms with E-state index in [4.69, 9.17) is 38.2 Å². The van der Waals surface area contributed by atoms with Gasteiger partial charge in [0.25, 0.3) is 10.1 Å². The molecule has 13 N–H and O–H groups in total. The van der Waals surface area contributed by atoms with E-state index in [1.807, 2.05) is 0 Å². The maximum atomic E-state index is 11.3. The van der Waals surface area contributed by atoms with Crippen LogP contribution in [0.4, 0.5) is 47.1 Å². The Kier molecular flexibility index (Phi) is 19.4. The number of rotatable bonds is 20. The predicted molar refractivity (Wildman–Crippen MR) is 215 cm³/mol. The molecule has 29 nitrogen and oxygen atoms in total. The van der Waals surface area contributed by atoms with E-state index in [1.54, 1.807) is 6.07 Å². The maximum Gasteiger partial charge on any atom is 0.425 e. The molecule has 2 aromatic carbocycles. The second-order valence-corrected chi connectivity index (χ2v) is 16.8. The van der Waals surface area contributed by atoms with Crippen molar-refractivity contribution in [2.24, 2.45) is 0 Å². The molecule has 0 unspecified atom stereocenters. The third-order valence-electron chi connectivity index (χ3n) is 6.30. The van der Waals surface area contributed by atoms with Gasteiger partial charge >= 0.3 is 22.5 Å². The summed E-state index contributed by atoms with van der Waals surface area (Å²) in [6.45, 7) is 0.545. The number of hydrogen-bond acceptors (Lipinski definition) is 24. The fourth-order valence-corrected chi connectivity index (χ4v) is 5.52. The zero-order valence-electron chi connectivity index (χ0n) is 31.5. The molecule has 334 valence electrons. The molecule has 0 saturated heterocycles. The molecule has 0 aliphatic heterocycles. The molecule has 33 heteroatoms. The van der Waals surface area contributed by atoms with Crippen LogP contribution in [0.1, 0.15) is 20.7 Å². The number of hydrogen-bond donors (Lipinski definition) is 12. The third kappa shape index (κ3) is 21.4. The summed E-state index contributed by atoms with van der Waals surface area (Å²) in [4.78, 5) is 46.1. The number of nitrogens with one attached hydrogen (secondary N) is 7. The van der Waals surface area contributed by atoms with Gasteiger partial charge in [0.05, 0.1) is 35.1 Å². The van der Waals surface area contributed by atoms with Gasteiger partial charge in [-0.15, -0.1) is 12.6 Å². The fraction of sp³-hybridized carbons (Fsp3) is 0.286. The number of sulfonamides is 2. The topological polar surface area (TPSA) is 456 Å². The second kappa shape index (κ2) is 23.3. The number of aromatic nitrogens is 6. The Labute approximate surface area is 348 Å². The van der Waals surface area contributed by atoms with E-state index in [9.17, 15) is 34.8 Å². The van der Waals surface area contributed by atoms with Crippen LogP contribution in [0.3, 0.4) is 0 Å². The number of anilines is 8. The Morgan fingerprint density at radius 3 is 1.48 bits per heavy atom. The van der Waals surface area contributed by atoms with Gasteiger partial charge in [-0.25, -0.2) is 35.9 Å². The molecular formula is C28H38N14O15S4. The Morgan fingerprint density at radius 1 is 0.623 bits per heavy atom. The normalized spacial score (nSPS) is 11.1. The minimum absolute atomic E-state index is 0.0400. The number of nitrogens with zero attached hydrogens (tertiary/aromatic N) is 6.